The van der Waals surface area contributed by atoms with Crippen LogP contribution in [0.3, 0.4) is 0 Å². The molecular weight excluding hydrogens is 627 g/mol. The largest absolute Gasteiger partial charge is 0.501 e. The van der Waals surface area contributed by atoms with Crippen molar-refractivity contribution in [2.45, 2.75) is 120 Å². The average Bonchev–Trinajstić information content (AvgIpc) is 2.69. The highest BCUT2D eigenvalue weighted by Crippen LogP contribution is 2.64. The van der Waals surface area contributed by atoms with E-state index >= 15 is 0 Å². The number of halogens is 17. The van der Waals surface area contributed by atoms with Gasteiger partial charge < -0.3 is 13.3 Å². The second-order valence-corrected chi connectivity index (χ2v) is 11.9. The molecule has 0 saturated carbocycles. The van der Waals surface area contributed by atoms with Crippen LogP contribution in [0.1, 0.15) is 48.0 Å². The van der Waals surface area contributed by atoms with Crippen LogP contribution in [0.5, 0.6) is 0 Å². The SMILES string of the molecule is CC(C)O[Si](CCC(F)(F)C(F)(F)C(F)(F)C(F)(F)C(F)(F)C(F)(F)C(F)(F)C(F)(F)F)(OC(C)C)OC(C)C. The van der Waals surface area contributed by atoms with Gasteiger partial charge in [-0.2, -0.15) is 74.6 Å². The maximum Gasteiger partial charge on any atom is 0.501 e. The molecule has 0 heterocycles. The molecule has 0 fully saturated rings. The molecule has 0 aromatic heterocycles. The Balaban J connectivity index is 6.72. The van der Waals surface area contributed by atoms with Crippen molar-refractivity contribution in [3.8, 4) is 0 Å². The fourth-order valence-electron chi connectivity index (χ4n) is 3.00. The van der Waals surface area contributed by atoms with Gasteiger partial charge in [0.15, 0.2) is 0 Å². The fraction of sp³-hybridized carbons (Fsp3) is 1.00. The van der Waals surface area contributed by atoms with E-state index in [1.165, 1.54) is 41.5 Å². The summed E-state index contributed by atoms with van der Waals surface area (Å²) >= 11 is 0. The number of rotatable bonds is 15. The van der Waals surface area contributed by atoms with E-state index in [-0.39, 0.29) is 0 Å². The van der Waals surface area contributed by atoms with Crippen LogP contribution in [-0.2, 0) is 13.3 Å². The molecule has 0 spiro atoms. The highest BCUT2D eigenvalue weighted by atomic mass is 28.4. The van der Waals surface area contributed by atoms with E-state index in [0.717, 1.165) is 0 Å². The van der Waals surface area contributed by atoms with Gasteiger partial charge in [-0.25, -0.2) is 0 Å². The first-order valence-corrected chi connectivity index (χ1v) is 12.9. The van der Waals surface area contributed by atoms with Gasteiger partial charge in [0.05, 0.1) is 0 Å². The third kappa shape index (κ3) is 6.76. The van der Waals surface area contributed by atoms with Crippen molar-refractivity contribution in [3.63, 3.8) is 0 Å². The summed E-state index contributed by atoms with van der Waals surface area (Å²) in [6.07, 6.45) is -13.4. The lowest BCUT2D eigenvalue weighted by Crippen LogP contribution is -2.74. The van der Waals surface area contributed by atoms with E-state index < -0.39 is 87.2 Å². The predicted octanol–water partition coefficient (Wildman–Crippen LogP) is 8.60. The molecule has 0 aliphatic rings. The van der Waals surface area contributed by atoms with Gasteiger partial charge in [0.1, 0.15) is 0 Å². The van der Waals surface area contributed by atoms with Gasteiger partial charge in [-0.05, 0) is 41.5 Å². The van der Waals surface area contributed by atoms with E-state index in [9.17, 15) is 74.6 Å². The number of hydrogen-bond donors (Lipinski definition) is 0. The van der Waals surface area contributed by atoms with Crippen LogP contribution in [0.25, 0.3) is 0 Å². The Kier molecular flexibility index (Phi) is 11.2. The summed E-state index contributed by atoms with van der Waals surface area (Å²) < 4.78 is 245. The molecule has 242 valence electrons. The Hall–Kier alpha value is -1.09. The van der Waals surface area contributed by atoms with Crippen LogP contribution >= 0.6 is 0 Å². The van der Waals surface area contributed by atoms with Gasteiger partial charge in [0, 0.05) is 30.8 Å². The minimum atomic E-state index is -8.66. The van der Waals surface area contributed by atoms with Crippen molar-refractivity contribution in [2.24, 2.45) is 0 Å². The van der Waals surface area contributed by atoms with E-state index in [2.05, 4.69) is 0 Å². The highest BCUT2D eigenvalue weighted by Gasteiger charge is 2.95. The zero-order valence-electron chi connectivity index (χ0n) is 21.3. The first-order chi connectivity index (χ1) is 17.2. The zero-order chi connectivity index (χ0) is 32.8. The minimum absolute atomic E-state index is 0.986. The Morgan fingerprint density at radius 2 is 0.675 bits per heavy atom. The normalized spacial score (nSPS) is 16.1. The first-order valence-electron chi connectivity index (χ1n) is 11.0. The third-order valence-electron chi connectivity index (χ3n) is 4.78. The lowest BCUT2D eigenvalue weighted by Gasteiger charge is -2.43. The first kappa shape index (κ1) is 38.9. The summed E-state index contributed by atoms with van der Waals surface area (Å²) in [5, 5.41) is 0. The summed E-state index contributed by atoms with van der Waals surface area (Å²) in [7, 11) is -4.63. The quantitative estimate of drug-likeness (QED) is 0.131. The molecule has 0 unspecified atom stereocenters. The second kappa shape index (κ2) is 11.5. The maximum absolute atomic E-state index is 14.4. The Labute approximate surface area is 217 Å². The second-order valence-electron chi connectivity index (χ2n) is 9.33. The molecule has 0 saturated heterocycles. The van der Waals surface area contributed by atoms with E-state index in [0.29, 0.717) is 0 Å². The van der Waals surface area contributed by atoms with E-state index in [1.54, 1.807) is 0 Å². The molecule has 21 heteroatoms. The molecule has 0 amide bonds. The van der Waals surface area contributed by atoms with Crippen LogP contribution in [0.4, 0.5) is 74.6 Å². The van der Waals surface area contributed by atoms with Gasteiger partial charge >= 0.3 is 56.4 Å². The molecule has 0 aliphatic carbocycles. The molecule has 0 N–H and O–H groups in total. The smallest absolute Gasteiger partial charge is 0.371 e. The maximum atomic E-state index is 14.4. The van der Waals surface area contributed by atoms with Crippen molar-refractivity contribution in [2.75, 3.05) is 0 Å². The van der Waals surface area contributed by atoms with Crippen LogP contribution in [0.2, 0.25) is 6.04 Å². The van der Waals surface area contributed by atoms with Gasteiger partial charge in [-0.15, -0.1) is 0 Å². The van der Waals surface area contributed by atoms with Crippen molar-refractivity contribution < 1.29 is 87.9 Å². The number of alkyl halides is 17. The van der Waals surface area contributed by atoms with Gasteiger partial charge in [-0.3, -0.25) is 0 Å². The summed E-state index contributed by atoms with van der Waals surface area (Å²) in [5.41, 5.74) is 0. The summed E-state index contributed by atoms with van der Waals surface area (Å²) in [6, 6.07) is -1.59. The third-order valence-corrected chi connectivity index (χ3v) is 8.13. The summed E-state index contributed by atoms with van der Waals surface area (Å²) in [6.45, 7) is 7.47. The molecule has 0 atom stereocenters. The van der Waals surface area contributed by atoms with Crippen LogP contribution in [0.15, 0.2) is 0 Å². The molecule has 0 bridgehead atoms. The molecule has 0 radical (unpaired) electrons. The zero-order valence-corrected chi connectivity index (χ0v) is 22.3. The van der Waals surface area contributed by atoms with Crippen molar-refractivity contribution in [1.82, 2.24) is 0 Å². The van der Waals surface area contributed by atoms with Gasteiger partial charge in [0.25, 0.3) is 0 Å². The minimum Gasteiger partial charge on any atom is -0.371 e. The van der Waals surface area contributed by atoms with Crippen molar-refractivity contribution in [1.29, 1.82) is 0 Å². The lowest BCUT2D eigenvalue weighted by atomic mass is 9.88. The highest BCUT2D eigenvalue weighted by molar-refractivity contribution is 6.60. The standard InChI is InChI=1S/C19H25F17O3Si/c1-9(2)37-40(38-10(3)4,39-11(5)6)8-7-12(20,21)13(22,23)14(24,25)15(26,27)16(28,29)17(30,31)18(32,33)19(34,35)36/h9-11H,7-8H2,1-6H3. The molecule has 3 nitrogen and oxygen atoms in total. The summed E-state index contributed by atoms with van der Waals surface area (Å²) in [4.78, 5) is 0. The topological polar surface area (TPSA) is 27.7 Å². The Morgan fingerprint density at radius 3 is 0.925 bits per heavy atom. The Bertz CT molecular complexity index is 814. The molecule has 0 aromatic carbocycles. The molecule has 0 rings (SSSR count). The molecule has 0 aromatic rings. The molecule has 40 heavy (non-hydrogen) atoms. The molecular formula is C19H25F17O3Si. The number of hydrogen-bond acceptors (Lipinski definition) is 3. The van der Waals surface area contributed by atoms with Gasteiger partial charge in [0.2, 0.25) is 0 Å². The monoisotopic (exact) mass is 652 g/mol. The fourth-order valence-corrected chi connectivity index (χ4v) is 6.30. The Morgan fingerprint density at radius 1 is 0.425 bits per heavy atom. The predicted molar refractivity (Wildman–Crippen MR) is 105 cm³/mol. The van der Waals surface area contributed by atoms with E-state index in [4.69, 9.17) is 13.3 Å². The lowest BCUT2D eigenvalue weighted by molar-refractivity contribution is -0.461. The average molecular weight is 652 g/mol. The van der Waals surface area contributed by atoms with Crippen LogP contribution in [-0.4, -0.2) is 74.8 Å². The van der Waals surface area contributed by atoms with Crippen LogP contribution in [0, 0.1) is 0 Å². The molecule has 0 aliphatic heterocycles. The van der Waals surface area contributed by atoms with Crippen molar-refractivity contribution in [3.05, 3.63) is 0 Å². The van der Waals surface area contributed by atoms with Crippen molar-refractivity contribution >= 4 is 8.80 Å². The summed E-state index contributed by atoms with van der Waals surface area (Å²) in [5.74, 6) is -56.7. The van der Waals surface area contributed by atoms with Gasteiger partial charge in [-0.1, -0.05) is 0 Å². The van der Waals surface area contributed by atoms with Crippen LogP contribution < -0.4 is 0 Å². The van der Waals surface area contributed by atoms with E-state index in [1.807, 2.05) is 0 Å².